The number of para-hydroxylation sites is 1. The Bertz CT molecular complexity index is 1150. The molecule has 0 aliphatic heterocycles. The zero-order valence-corrected chi connectivity index (χ0v) is 16.6. The van der Waals surface area contributed by atoms with E-state index in [-0.39, 0.29) is 5.91 Å². The van der Waals surface area contributed by atoms with Crippen LogP contribution in [0.25, 0.3) is 5.65 Å². The molecule has 0 fully saturated rings. The average molecular weight is 403 g/mol. The molecule has 0 radical (unpaired) electrons. The van der Waals surface area contributed by atoms with Gasteiger partial charge in [0.15, 0.2) is 5.65 Å². The molecule has 0 aliphatic carbocycles. The van der Waals surface area contributed by atoms with Crippen LogP contribution >= 0.6 is 0 Å². The van der Waals surface area contributed by atoms with Crippen LogP contribution in [0.15, 0.2) is 67.0 Å². The van der Waals surface area contributed by atoms with Gasteiger partial charge < -0.3 is 20.1 Å². The van der Waals surface area contributed by atoms with Crippen molar-refractivity contribution in [2.75, 3.05) is 24.9 Å². The Kier molecular flexibility index (Phi) is 5.47. The van der Waals surface area contributed by atoms with Gasteiger partial charge in [-0.15, -0.1) is 0 Å². The van der Waals surface area contributed by atoms with Crippen LogP contribution in [-0.2, 0) is 6.54 Å². The van der Waals surface area contributed by atoms with Gasteiger partial charge >= 0.3 is 0 Å². The summed E-state index contributed by atoms with van der Waals surface area (Å²) in [5.74, 6) is 1.78. The number of fused-ring (bicyclic) bond motifs is 1. The fourth-order valence-electron chi connectivity index (χ4n) is 3.01. The predicted molar refractivity (Wildman–Crippen MR) is 114 cm³/mol. The van der Waals surface area contributed by atoms with Crippen LogP contribution in [0.1, 0.15) is 15.9 Å². The minimum atomic E-state index is -0.265. The highest BCUT2D eigenvalue weighted by atomic mass is 16.5. The van der Waals surface area contributed by atoms with Gasteiger partial charge in [-0.1, -0.05) is 18.2 Å². The number of nitrogens with one attached hydrogen (secondary N) is 2. The van der Waals surface area contributed by atoms with Crippen molar-refractivity contribution in [3.05, 3.63) is 78.1 Å². The molecule has 0 saturated heterocycles. The van der Waals surface area contributed by atoms with Crippen LogP contribution in [0.4, 0.5) is 11.5 Å². The number of amides is 1. The molecule has 0 unspecified atom stereocenters. The summed E-state index contributed by atoms with van der Waals surface area (Å²) in [5.41, 5.74) is 2.55. The monoisotopic (exact) mass is 403 g/mol. The number of ether oxygens (including phenoxy) is 2. The summed E-state index contributed by atoms with van der Waals surface area (Å²) in [5, 5.41) is 10.3. The van der Waals surface area contributed by atoms with Gasteiger partial charge in [0.2, 0.25) is 0 Å². The minimum absolute atomic E-state index is 0.265. The third-order valence-electron chi connectivity index (χ3n) is 4.53. The molecular formula is C22H21N5O3. The summed E-state index contributed by atoms with van der Waals surface area (Å²) in [4.78, 5) is 17.2. The normalized spacial score (nSPS) is 10.6. The molecule has 0 aliphatic rings. The van der Waals surface area contributed by atoms with Crippen molar-refractivity contribution >= 4 is 23.1 Å². The van der Waals surface area contributed by atoms with Crippen LogP contribution in [0.2, 0.25) is 0 Å². The lowest BCUT2D eigenvalue weighted by atomic mass is 10.2. The summed E-state index contributed by atoms with van der Waals surface area (Å²) in [6.45, 7) is 0.510. The smallest absolute Gasteiger partial charge is 0.261 e. The molecule has 4 rings (SSSR count). The number of hydrogen-bond donors (Lipinski definition) is 2. The summed E-state index contributed by atoms with van der Waals surface area (Å²) in [6.07, 6.45) is 3.27. The van der Waals surface area contributed by atoms with Crippen molar-refractivity contribution < 1.29 is 14.3 Å². The number of rotatable bonds is 7. The Labute approximate surface area is 173 Å². The first-order valence-corrected chi connectivity index (χ1v) is 9.33. The van der Waals surface area contributed by atoms with Crippen molar-refractivity contribution in [1.29, 1.82) is 0 Å². The molecule has 2 heterocycles. The molecule has 8 nitrogen and oxygen atoms in total. The van der Waals surface area contributed by atoms with Gasteiger partial charge in [0.25, 0.3) is 5.91 Å². The fraction of sp³-hybridized carbons (Fsp3) is 0.136. The molecule has 30 heavy (non-hydrogen) atoms. The number of methoxy groups -OCH3 is 2. The molecule has 2 aromatic carbocycles. The van der Waals surface area contributed by atoms with Crippen LogP contribution < -0.4 is 20.1 Å². The third-order valence-corrected chi connectivity index (χ3v) is 4.53. The lowest BCUT2D eigenvalue weighted by Crippen LogP contribution is -2.12. The molecule has 2 aromatic heterocycles. The van der Waals surface area contributed by atoms with E-state index in [0.717, 1.165) is 5.56 Å². The maximum absolute atomic E-state index is 12.7. The van der Waals surface area contributed by atoms with Gasteiger partial charge in [-0.3, -0.25) is 4.79 Å². The van der Waals surface area contributed by atoms with Gasteiger partial charge in [-0.2, -0.15) is 5.10 Å². The Morgan fingerprint density at radius 1 is 1.03 bits per heavy atom. The molecule has 152 valence electrons. The first kappa shape index (κ1) is 19.3. The predicted octanol–water partition coefficient (Wildman–Crippen LogP) is 3.61. The Hall–Kier alpha value is -4.07. The number of hydrogen-bond acceptors (Lipinski definition) is 6. The van der Waals surface area contributed by atoms with E-state index in [1.54, 1.807) is 31.0 Å². The first-order valence-electron chi connectivity index (χ1n) is 9.33. The van der Waals surface area contributed by atoms with Crippen molar-refractivity contribution in [2.24, 2.45) is 0 Å². The maximum Gasteiger partial charge on any atom is 0.261 e. The molecule has 0 saturated carbocycles. The quantitative estimate of drug-likeness (QED) is 0.490. The molecule has 4 aromatic rings. The van der Waals surface area contributed by atoms with Gasteiger partial charge in [0, 0.05) is 24.5 Å². The van der Waals surface area contributed by atoms with Crippen LogP contribution in [0.5, 0.6) is 11.5 Å². The second kappa shape index (κ2) is 8.52. The zero-order chi connectivity index (χ0) is 20.9. The van der Waals surface area contributed by atoms with E-state index in [1.165, 1.54) is 6.20 Å². The maximum atomic E-state index is 12.7. The molecule has 0 atom stereocenters. The number of carbonyl (C=O) groups is 1. The number of benzene rings is 2. The van der Waals surface area contributed by atoms with Gasteiger partial charge in [0.05, 0.1) is 20.4 Å². The van der Waals surface area contributed by atoms with Crippen molar-refractivity contribution in [3.8, 4) is 11.5 Å². The number of nitrogens with zero attached hydrogens (tertiary/aromatic N) is 3. The molecule has 8 heteroatoms. The lowest BCUT2D eigenvalue weighted by molar-refractivity contribution is 0.102. The highest BCUT2D eigenvalue weighted by Gasteiger charge is 2.15. The molecule has 0 bridgehead atoms. The topological polar surface area (TPSA) is 89.8 Å². The van der Waals surface area contributed by atoms with Gasteiger partial charge in [0.1, 0.15) is 22.9 Å². The SMILES string of the molecule is COc1cc(CNc2ccn3ncc(C(=O)Nc4ccccc4)c3n2)cc(OC)c1. The Balaban J connectivity index is 1.53. The van der Waals surface area contributed by atoms with E-state index >= 15 is 0 Å². The largest absolute Gasteiger partial charge is 0.497 e. The summed E-state index contributed by atoms with van der Waals surface area (Å²) >= 11 is 0. The molecule has 1 amide bonds. The average Bonchev–Trinajstić information content (AvgIpc) is 3.21. The Morgan fingerprint density at radius 2 is 1.77 bits per heavy atom. The van der Waals surface area contributed by atoms with Crippen molar-refractivity contribution in [2.45, 2.75) is 6.54 Å². The van der Waals surface area contributed by atoms with E-state index in [4.69, 9.17) is 9.47 Å². The minimum Gasteiger partial charge on any atom is -0.497 e. The molecule has 0 spiro atoms. The number of carbonyl (C=O) groups excluding carboxylic acids is 1. The fourth-order valence-corrected chi connectivity index (χ4v) is 3.01. The summed E-state index contributed by atoms with van der Waals surface area (Å²) < 4.78 is 12.2. The van der Waals surface area contributed by atoms with E-state index in [2.05, 4.69) is 20.7 Å². The van der Waals surface area contributed by atoms with E-state index in [9.17, 15) is 4.79 Å². The van der Waals surface area contributed by atoms with E-state index < -0.39 is 0 Å². The van der Waals surface area contributed by atoms with Crippen LogP contribution in [0, 0.1) is 0 Å². The first-order chi connectivity index (χ1) is 14.7. The van der Waals surface area contributed by atoms with Crippen molar-refractivity contribution in [3.63, 3.8) is 0 Å². The zero-order valence-electron chi connectivity index (χ0n) is 16.6. The van der Waals surface area contributed by atoms with Crippen LogP contribution in [-0.4, -0.2) is 34.7 Å². The second-order valence-corrected chi connectivity index (χ2v) is 6.53. The molecular weight excluding hydrogens is 382 g/mol. The standard InChI is InChI=1S/C22H21N5O3/c1-29-17-10-15(11-18(12-17)30-2)13-23-20-8-9-27-21(26-20)19(14-24-27)22(28)25-16-6-4-3-5-7-16/h3-12,14H,13H2,1-2H3,(H,23,26)(H,25,28). The summed E-state index contributed by atoms with van der Waals surface area (Å²) in [6, 6.07) is 16.7. The highest BCUT2D eigenvalue weighted by Crippen LogP contribution is 2.23. The third kappa shape index (κ3) is 4.17. The van der Waals surface area contributed by atoms with E-state index in [0.29, 0.717) is 40.8 Å². The highest BCUT2D eigenvalue weighted by molar-refractivity contribution is 6.08. The number of anilines is 2. The number of aromatic nitrogens is 3. The molecule has 2 N–H and O–H groups in total. The lowest BCUT2D eigenvalue weighted by Gasteiger charge is -2.10. The summed E-state index contributed by atoms with van der Waals surface area (Å²) in [7, 11) is 3.23. The second-order valence-electron chi connectivity index (χ2n) is 6.53. The van der Waals surface area contributed by atoms with Gasteiger partial charge in [-0.25, -0.2) is 9.50 Å². The Morgan fingerprint density at radius 3 is 2.47 bits per heavy atom. The van der Waals surface area contributed by atoms with Crippen molar-refractivity contribution in [1.82, 2.24) is 14.6 Å². The van der Waals surface area contributed by atoms with Gasteiger partial charge in [-0.05, 0) is 35.9 Å². The van der Waals surface area contributed by atoms with E-state index in [1.807, 2.05) is 48.5 Å². The van der Waals surface area contributed by atoms with Crippen LogP contribution in [0.3, 0.4) is 0 Å².